The van der Waals surface area contributed by atoms with E-state index in [4.69, 9.17) is 0 Å². The zero-order valence-electron chi connectivity index (χ0n) is 10.7. The van der Waals surface area contributed by atoms with Crippen LogP contribution in [-0.4, -0.2) is 23.1 Å². The van der Waals surface area contributed by atoms with E-state index in [0.29, 0.717) is 0 Å². The lowest BCUT2D eigenvalue weighted by atomic mass is 10.3. The van der Waals surface area contributed by atoms with Crippen LogP contribution in [0.15, 0.2) is 0 Å². The number of hydrogen-bond acceptors (Lipinski definition) is 4. The van der Waals surface area contributed by atoms with Gasteiger partial charge >= 0.3 is 0 Å². The Kier molecular flexibility index (Phi) is 5.02. The van der Waals surface area contributed by atoms with E-state index >= 15 is 0 Å². The average molecular weight is 222 g/mol. The molecule has 0 bridgehead atoms. The minimum atomic E-state index is 0.861. The summed E-state index contributed by atoms with van der Waals surface area (Å²) in [5, 5.41) is 6.62. The average Bonchev–Trinajstić information content (AvgIpc) is 2.30. The summed E-state index contributed by atoms with van der Waals surface area (Å²) < 4.78 is 0. The van der Waals surface area contributed by atoms with Crippen LogP contribution >= 0.6 is 0 Å². The first-order valence-electron chi connectivity index (χ1n) is 6.08. The Morgan fingerprint density at radius 3 is 2.12 bits per heavy atom. The van der Waals surface area contributed by atoms with Gasteiger partial charge in [-0.3, -0.25) is 0 Å². The van der Waals surface area contributed by atoms with E-state index in [2.05, 4.69) is 48.3 Å². The van der Waals surface area contributed by atoms with Gasteiger partial charge in [0.05, 0.1) is 0 Å². The Hall–Kier alpha value is -1.32. The molecule has 0 saturated heterocycles. The molecule has 0 aliphatic heterocycles. The van der Waals surface area contributed by atoms with Crippen molar-refractivity contribution >= 4 is 11.6 Å². The Labute approximate surface area is 97.9 Å². The van der Waals surface area contributed by atoms with E-state index in [1.807, 2.05) is 0 Å². The highest BCUT2D eigenvalue weighted by Gasteiger charge is 2.08. The largest absolute Gasteiger partial charge is 0.370 e. The number of aryl methyl sites for hydroxylation is 1. The molecule has 1 aromatic rings. The van der Waals surface area contributed by atoms with E-state index in [-0.39, 0.29) is 0 Å². The third-order valence-corrected chi connectivity index (χ3v) is 2.40. The molecule has 0 aliphatic rings. The highest BCUT2D eigenvalue weighted by molar-refractivity contribution is 5.57. The Bertz CT molecular complexity index is 336. The lowest BCUT2D eigenvalue weighted by Gasteiger charge is -2.13. The fraction of sp³-hybridized carbons (Fsp3) is 0.667. The zero-order chi connectivity index (χ0) is 12.0. The molecule has 4 nitrogen and oxygen atoms in total. The molecule has 0 aliphatic carbocycles. The predicted octanol–water partition coefficient (Wildman–Crippen LogP) is 2.60. The zero-order valence-corrected chi connectivity index (χ0v) is 10.7. The molecule has 0 amide bonds. The quantitative estimate of drug-likeness (QED) is 0.776. The molecule has 4 heteroatoms. The molecule has 1 heterocycles. The first kappa shape index (κ1) is 12.7. The van der Waals surface area contributed by atoms with Crippen LogP contribution in [0.5, 0.6) is 0 Å². The van der Waals surface area contributed by atoms with Crippen molar-refractivity contribution in [3.05, 3.63) is 11.4 Å². The third-order valence-electron chi connectivity index (χ3n) is 2.40. The summed E-state index contributed by atoms with van der Waals surface area (Å²) in [6, 6.07) is 0. The van der Waals surface area contributed by atoms with Crippen molar-refractivity contribution in [1.29, 1.82) is 0 Å². The van der Waals surface area contributed by atoms with Crippen LogP contribution in [0, 0.1) is 6.92 Å². The van der Waals surface area contributed by atoms with Crippen LogP contribution in [0.25, 0.3) is 0 Å². The molecular formula is C12H22N4. The second-order valence-electron chi connectivity index (χ2n) is 3.77. The van der Waals surface area contributed by atoms with E-state index in [1.165, 1.54) is 0 Å². The second-order valence-corrected chi connectivity index (χ2v) is 3.77. The molecule has 90 valence electrons. The maximum absolute atomic E-state index is 4.51. The Balaban J connectivity index is 2.99. The number of anilines is 2. The number of rotatable bonds is 6. The van der Waals surface area contributed by atoms with Gasteiger partial charge in [-0.2, -0.15) is 0 Å². The lowest BCUT2D eigenvalue weighted by Crippen LogP contribution is -2.11. The lowest BCUT2D eigenvalue weighted by molar-refractivity contribution is 0.906. The van der Waals surface area contributed by atoms with Crippen LogP contribution in [0.4, 0.5) is 11.6 Å². The van der Waals surface area contributed by atoms with Crippen molar-refractivity contribution in [3.8, 4) is 0 Å². The Morgan fingerprint density at radius 1 is 1.00 bits per heavy atom. The fourth-order valence-electron chi connectivity index (χ4n) is 1.48. The normalized spacial score (nSPS) is 10.2. The van der Waals surface area contributed by atoms with Gasteiger partial charge in [-0.05, 0) is 20.3 Å². The summed E-state index contributed by atoms with van der Waals surface area (Å²) >= 11 is 0. The van der Waals surface area contributed by atoms with Crippen molar-refractivity contribution in [1.82, 2.24) is 9.97 Å². The molecule has 16 heavy (non-hydrogen) atoms. The molecule has 0 unspecified atom stereocenters. The standard InChI is InChI=1S/C12H22N4/c1-5-8-14-12-9(4)11(13-7-3)15-10(6-2)16-12/h5-8H2,1-4H3,(H2,13,14,15,16). The molecule has 0 aromatic carbocycles. The number of nitrogens with zero attached hydrogens (tertiary/aromatic N) is 2. The number of hydrogen-bond donors (Lipinski definition) is 2. The van der Waals surface area contributed by atoms with E-state index < -0.39 is 0 Å². The summed E-state index contributed by atoms with van der Waals surface area (Å²) in [6.07, 6.45) is 1.96. The number of nitrogens with one attached hydrogen (secondary N) is 2. The van der Waals surface area contributed by atoms with Crippen molar-refractivity contribution < 1.29 is 0 Å². The van der Waals surface area contributed by atoms with Crippen LogP contribution in [0.1, 0.15) is 38.6 Å². The van der Waals surface area contributed by atoms with Gasteiger partial charge in [0.2, 0.25) is 0 Å². The van der Waals surface area contributed by atoms with Gasteiger partial charge in [-0.15, -0.1) is 0 Å². The van der Waals surface area contributed by atoms with Crippen molar-refractivity contribution in [2.24, 2.45) is 0 Å². The first-order valence-corrected chi connectivity index (χ1v) is 6.08. The maximum Gasteiger partial charge on any atom is 0.134 e. The smallest absolute Gasteiger partial charge is 0.134 e. The third kappa shape index (κ3) is 3.08. The molecule has 1 rings (SSSR count). The van der Waals surface area contributed by atoms with Crippen molar-refractivity contribution in [3.63, 3.8) is 0 Å². The summed E-state index contributed by atoms with van der Waals surface area (Å²) in [7, 11) is 0. The SMILES string of the molecule is CCCNc1nc(CC)nc(NCC)c1C. The molecule has 0 atom stereocenters. The number of aromatic nitrogens is 2. The van der Waals surface area contributed by atoms with Gasteiger partial charge in [-0.1, -0.05) is 13.8 Å². The summed E-state index contributed by atoms with van der Waals surface area (Å²) in [4.78, 5) is 9.00. The van der Waals surface area contributed by atoms with Gasteiger partial charge in [0.15, 0.2) is 0 Å². The predicted molar refractivity (Wildman–Crippen MR) is 69.1 cm³/mol. The van der Waals surface area contributed by atoms with E-state index in [1.54, 1.807) is 0 Å². The topological polar surface area (TPSA) is 49.8 Å². The maximum atomic E-state index is 4.51. The van der Waals surface area contributed by atoms with Crippen LogP contribution in [0.3, 0.4) is 0 Å². The van der Waals surface area contributed by atoms with Gasteiger partial charge in [0.1, 0.15) is 17.5 Å². The van der Waals surface area contributed by atoms with Crippen molar-refractivity contribution in [2.45, 2.75) is 40.5 Å². The molecule has 2 N–H and O–H groups in total. The molecule has 1 aromatic heterocycles. The van der Waals surface area contributed by atoms with Gasteiger partial charge in [0, 0.05) is 25.1 Å². The first-order chi connectivity index (χ1) is 7.72. The minimum absolute atomic E-state index is 0.861. The van der Waals surface area contributed by atoms with Crippen LogP contribution in [0.2, 0.25) is 0 Å². The minimum Gasteiger partial charge on any atom is -0.370 e. The van der Waals surface area contributed by atoms with Gasteiger partial charge in [0.25, 0.3) is 0 Å². The van der Waals surface area contributed by atoms with Crippen molar-refractivity contribution in [2.75, 3.05) is 23.7 Å². The molecular weight excluding hydrogens is 200 g/mol. The molecule has 0 radical (unpaired) electrons. The Morgan fingerprint density at radius 2 is 1.62 bits per heavy atom. The molecule has 0 saturated carbocycles. The van der Waals surface area contributed by atoms with Crippen LogP contribution in [-0.2, 0) is 6.42 Å². The summed E-state index contributed by atoms with van der Waals surface area (Å²) in [6.45, 7) is 10.2. The highest BCUT2D eigenvalue weighted by Crippen LogP contribution is 2.19. The molecule has 0 spiro atoms. The summed E-state index contributed by atoms with van der Waals surface area (Å²) in [5.74, 6) is 2.80. The van der Waals surface area contributed by atoms with E-state index in [9.17, 15) is 0 Å². The molecule has 0 fully saturated rings. The summed E-state index contributed by atoms with van der Waals surface area (Å²) in [5.41, 5.74) is 1.10. The van der Waals surface area contributed by atoms with E-state index in [0.717, 1.165) is 49.0 Å². The monoisotopic (exact) mass is 222 g/mol. The van der Waals surface area contributed by atoms with Gasteiger partial charge < -0.3 is 10.6 Å². The fourth-order valence-corrected chi connectivity index (χ4v) is 1.48. The highest BCUT2D eigenvalue weighted by atomic mass is 15.1. The van der Waals surface area contributed by atoms with Gasteiger partial charge in [-0.25, -0.2) is 9.97 Å². The second kappa shape index (κ2) is 6.30. The van der Waals surface area contributed by atoms with Crippen LogP contribution < -0.4 is 10.6 Å².